The Morgan fingerprint density at radius 1 is 0.833 bits per heavy atom. The van der Waals surface area contributed by atoms with Crippen LogP contribution in [-0.4, -0.2) is 29.2 Å². The molecule has 0 spiro atoms. The van der Waals surface area contributed by atoms with Crippen molar-refractivity contribution in [2.45, 2.75) is 25.7 Å². The van der Waals surface area contributed by atoms with Crippen molar-refractivity contribution in [1.82, 2.24) is 10.2 Å². The van der Waals surface area contributed by atoms with Gasteiger partial charge in [-0.1, -0.05) is 25.0 Å². The Kier molecular flexibility index (Phi) is 5.97. The third kappa shape index (κ3) is 4.62. The molecule has 0 bridgehead atoms. The summed E-state index contributed by atoms with van der Waals surface area (Å²) < 4.78 is 26.3. The number of benzene rings is 2. The first kappa shape index (κ1) is 19.9. The molecular formula is C23H22F2N4O. The van der Waals surface area contributed by atoms with E-state index in [9.17, 15) is 13.6 Å². The van der Waals surface area contributed by atoms with Gasteiger partial charge in [-0.3, -0.25) is 4.79 Å². The van der Waals surface area contributed by atoms with Gasteiger partial charge in [0.15, 0.2) is 17.5 Å². The van der Waals surface area contributed by atoms with Crippen molar-refractivity contribution >= 4 is 17.4 Å². The van der Waals surface area contributed by atoms with Crippen LogP contribution >= 0.6 is 0 Å². The van der Waals surface area contributed by atoms with Gasteiger partial charge in [0.2, 0.25) is 0 Å². The largest absolute Gasteiger partial charge is 0.355 e. The van der Waals surface area contributed by atoms with Crippen LogP contribution in [0.3, 0.4) is 0 Å². The summed E-state index contributed by atoms with van der Waals surface area (Å²) in [5, 5.41) is 11.4. The monoisotopic (exact) mass is 408 g/mol. The van der Waals surface area contributed by atoms with E-state index in [1.54, 1.807) is 12.1 Å². The summed E-state index contributed by atoms with van der Waals surface area (Å²) in [7, 11) is 0. The van der Waals surface area contributed by atoms with E-state index in [2.05, 4.69) is 20.4 Å². The maximum Gasteiger partial charge on any atom is 0.255 e. The summed E-state index contributed by atoms with van der Waals surface area (Å²) >= 11 is 0. The number of rotatable bonds is 4. The maximum absolute atomic E-state index is 13.3. The molecule has 5 nitrogen and oxygen atoms in total. The number of anilines is 2. The van der Waals surface area contributed by atoms with Crippen LogP contribution < -0.4 is 10.2 Å². The molecule has 1 saturated heterocycles. The summed E-state index contributed by atoms with van der Waals surface area (Å²) in [6, 6.07) is 14.1. The van der Waals surface area contributed by atoms with Crippen molar-refractivity contribution in [1.29, 1.82) is 0 Å². The normalized spacial score (nSPS) is 14.3. The van der Waals surface area contributed by atoms with Gasteiger partial charge < -0.3 is 10.2 Å². The van der Waals surface area contributed by atoms with Crippen LogP contribution in [0.5, 0.6) is 0 Å². The van der Waals surface area contributed by atoms with Crippen molar-refractivity contribution < 1.29 is 13.6 Å². The van der Waals surface area contributed by atoms with Crippen LogP contribution in [0.25, 0.3) is 11.3 Å². The van der Waals surface area contributed by atoms with Crippen molar-refractivity contribution in [2.75, 3.05) is 23.3 Å². The molecule has 1 aliphatic heterocycles. The molecule has 154 valence electrons. The summed E-state index contributed by atoms with van der Waals surface area (Å²) in [6.45, 7) is 2.03. The summed E-state index contributed by atoms with van der Waals surface area (Å²) in [5.74, 6) is -1.65. The molecule has 0 saturated carbocycles. The lowest BCUT2D eigenvalue weighted by Gasteiger charge is -2.20. The number of amides is 1. The van der Waals surface area contributed by atoms with Crippen LogP contribution in [0, 0.1) is 11.6 Å². The molecule has 0 radical (unpaired) electrons. The van der Waals surface area contributed by atoms with Gasteiger partial charge in [0.25, 0.3) is 5.91 Å². The first-order valence-electron chi connectivity index (χ1n) is 10.1. The van der Waals surface area contributed by atoms with Gasteiger partial charge in [-0.15, -0.1) is 10.2 Å². The highest BCUT2D eigenvalue weighted by atomic mass is 19.2. The number of halogens is 2. The molecule has 3 aromatic rings. The fourth-order valence-electron chi connectivity index (χ4n) is 3.51. The smallest absolute Gasteiger partial charge is 0.255 e. The lowest BCUT2D eigenvalue weighted by atomic mass is 10.1. The van der Waals surface area contributed by atoms with E-state index in [1.807, 2.05) is 24.3 Å². The van der Waals surface area contributed by atoms with Gasteiger partial charge in [0, 0.05) is 29.9 Å². The highest BCUT2D eigenvalue weighted by Gasteiger charge is 2.13. The van der Waals surface area contributed by atoms with Crippen LogP contribution in [-0.2, 0) is 0 Å². The number of nitrogens with one attached hydrogen (secondary N) is 1. The summed E-state index contributed by atoms with van der Waals surface area (Å²) in [4.78, 5) is 14.5. The second-order valence-corrected chi connectivity index (χ2v) is 7.34. The van der Waals surface area contributed by atoms with E-state index in [4.69, 9.17) is 0 Å². The van der Waals surface area contributed by atoms with Crippen molar-refractivity contribution in [2.24, 2.45) is 0 Å². The van der Waals surface area contributed by atoms with Gasteiger partial charge in [0.05, 0.1) is 5.69 Å². The maximum atomic E-state index is 13.3. The van der Waals surface area contributed by atoms with Gasteiger partial charge in [-0.05, 0) is 55.3 Å². The van der Waals surface area contributed by atoms with E-state index in [0.29, 0.717) is 5.69 Å². The minimum atomic E-state index is -1.06. The molecule has 1 aromatic heterocycles. The molecule has 2 aromatic carbocycles. The third-order valence-corrected chi connectivity index (χ3v) is 5.20. The standard InChI is InChI=1S/C23H22F2N4O/c24-19-10-7-17(15-20(19)25)23(30)26-18-8-5-16(6-9-18)21-11-12-22(28-27-21)29-13-3-1-2-4-14-29/h5-12,15H,1-4,13-14H2,(H,26,30). The van der Waals surface area contributed by atoms with E-state index in [-0.39, 0.29) is 5.56 Å². The minimum absolute atomic E-state index is 0.0490. The fourth-order valence-corrected chi connectivity index (χ4v) is 3.51. The summed E-state index contributed by atoms with van der Waals surface area (Å²) in [6.07, 6.45) is 4.89. The second kappa shape index (κ2) is 8.98. The fraction of sp³-hybridized carbons (Fsp3) is 0.261. The molecule has 1 aliphatic rings. The number of hydrogen-bond donors (Lipinski definition) is 1. The molecule has 0 atom stereocenters. The molecule has 1 amide bonds. The predicted octanol–water partition coefficient (Wildman–Crippen LogP) is 5.05. The van der Waals surface area contributed by atoms with E-state index in [0.717, 1.165) is 42.3 Å². The highest BCUT2D eigenvalue weighted by molar-refractivity contribution is 6.04. The number of nitrogens with zero attached hydrogens (tertiary/aromatic N) is 3. The number of aromatic nitrogens is 2. The lowest BCUT2D eigenvalue weighted by molar-refractivity contribution is 0.102. The Balaban J connectivity index is 1.42. The Morgan fingerprint density at radius 3 is 2.20 bits per heavy atom. The first-order chi connectivity index (χ1) is 14.6. The predicted molar refractivity (Wildman–Crippen MR) is 112 cm³/mol. The average molecular weight is 408 g/mol. The zero-order chi connectivity index (χ0) is 20.9. The molecule has 0 unspecified atom stereocenters. The van der Waals surface area contributed by atoms with Gasteiger partial charge in [-0.25, -0.2) is 8.78 Å². The zero-order valence-electron chi connectivity index (χ0n) is 16.4. The Bertz CT molecular complexity index is 1010. The SMILES string of the molecule is O=C(Nc1ccc(-c2ccc(N3CCCCCC3)nn2)cc1)c1ccc(F)c(F)c1. The Morgan fingerprint density at radius 2 is 1.57 bits per heavy atom. The molecule has 1 fully saturated rings. The average Bonchev–Trinajstić information content (AvgIpc) is 3.06. The van der Waals surface area contributed by atoms with Crippen molar-refractivity contribution in [3.8, 4) is 11.3 Å². The van der Waals surface area contributed by atoms with Crippen LogP contribution in [0.4, 0.5) is 20.3 Å². The van der Waals surface area contributed by atoms with Gasteiger partial charge >= 0.3 is 0 Å². The number of hydrogen-bond acceptors (Lipinski definition) is 4. The quantitative estimate of drug-likeness (QED) is 0.656. The number of carbonyl (C=O) groups excluding carboxylic acids is 1. The Hall–Kier alpha value is -3.35. The first-order valence-corrected chi connectivity index (χ1v) is 10.1. The van der Waals surface area contributed by atoms with E-state index < -0.39 is 17.5 Å². The number of carbonyl (C=O) groups is 1. The molecular weight excluding hydrogens is 386 g/mol. The van der Waals surface area contributed by atoms with Crippen molar-refractivity contribution in [3.63, 3.8) is 0 Å². The third-order valence-electron chi connectivity index (χ3n) is 5.20. The van der Waals surface area contributed by atoms with E-state index >= 15 is 0 Å². The van der Waals surface area contributed by atoms with E-state index in [1.165, 1.54) is 31.7 Å². The molecule has 7 heteroatoms. The molecule has 4 rings (SSSR count). The van der Waals surface area contributed by atoms with Crippen LogP contribution in [0.15, 0.2) is 54.6 Å². The second-order valence-electron chi connectivity index (χ2n) is 7.34. The zero-order valence-corrected chi connectivity index (χ0v) is 16.4. The summed E-state index contributed by atoms with van der Waals surface area (Å²) in [5.41, 5.74) is 2.21. The minimum Gasteiger partial charge on any atom is -0.355 e. The highest BCUT2D eigenvalue weighted by Crippen LogP contribution is 2.22. The van der Waals surface area contributed by atoms with Crippen molar-refractivity contribution in [3.05, 3.63) is 71.8 Å². The lowest BCUT2D eigenvalue weighted by Crippen LogP contribution is -2.25. The molecule has 30 heavy (non-hydrogen) atoms. The molecule has 2 heterocycles. The van der Waals surface area contributed by atoms with Gasteiger partial charge in [0.1, 0.15) is 0 Å². The van der Waals surface area contributed by atoms with Crippen LogP contribution in [0.1, 0.15) is 36.0 Å². The molecule has 0 aliphatic carbocycles. The van der Waals surface area contributed by atoms with Crippen LogP contribution in [0.2, 0.25) is 0 Å². The molecule has 1 N–H and O–H groups in total. The van der Waals surface area contributed by atoms with Gasteiger partial charge in [-0.2, -0.15) is 0 Å². The Labute approximate surface area is 173 Å². The topological polar surface area (TPSA) is 58.1 Å².